The number of likely N-dealkylation sites (tertiary alicyclic amines) is 1. The van der Waals surface area contributed by atoms with Gasteiger partial charge in [-0.05, 0) is 37.3 Å². The van der Waals surface area contributed by atoms with E-state index in [2.05, 4.69) is 17.4 Å². The van der Waals surface area contributed by atoms with Gasteiger partial charge in [-0.3, -0.25) is 14.5 Å². The fraction of sp³-hybridized carbons (Fsp3) is 0.500. The van der Waals surface area contributed by atoms with Crippen molar-refractivity contribution in [3.05, 3.63) is 29.8 Å². The molecule has 3 atom stereocenters. The largest absolute Gasteiger partial charge is 0.383 e. The summed E-state index contributed by atoms with van der Waals surface area (Å²) in [5, 5.41) is 3.36. The number of fused-ring (bicyclic) bond motifs is 3. The van der Waals surface area contributed by atoms with E-state index in [0.717, 1.165) is 31.4 Å². The van der Waals surface area contributed by atoms with E-state index >= 15 is 0 Å². The van der Waals surface area contributed by atoms with Crippen molar-refractivity contribution in [3.8, 4) is 0 Å². The summed E-state index contributed by atoms with van der Waals surface area (Å²) in [4.78, 5) is 26.5. The lowest BCUT2D eigenvalue weighted by atomic mass is 9.92. The van der Waals surface area contributed by atoms with Crippen LogP contribution in [0.3, 0.4) is 0 Å². The van der Waals surface area contributed by atoms with Gasteiger partial charge in [0.1, 0.15) is 0 Å². The highest BCUT2D eigenvalue weighted by molar-refractivity contribution is 6.01. The molecule has 2 heterocycles. The predicted octanol–water partition coefficient (Wildman–Crippen LogP) is 1.81. The van der Waals surface area contributed by atoms with Gasteiger partial charge in [-0.1, -0.05) is 18.2 Å². The van der Waals surface area contributed by atoms with Gasteiger partial charge in [-0.15, -0.1) is 0 Å². The molecule has 2 fully saturated rings. The molecule has 1 saturated heterocycles. The number of carbonyl (C=O) groups excluding carboxylic acids is 2. The highest BCUT2D eigenvalue weighted by atomic mass is 16.2. The Hall–Kier alpha value is -1.84. The summed E-state index contributed by atoms with van der Waals surface area (Å²) in [7, 11) is 0. The third-order valence-electron chi connectivity index (χ3n) is 4.97. The molecule has 0 radical (unpaired) electrons. The molecule has 0 spiro atoms. The molecule has 0 aromatic heterocycles. The minimum absolute atomic E-state index is 0.0201. The maximum absolute atomic E-state index is 12.5. The number of nitrogens with zero attached hydrogens (tertiary/aromatic N) is 1. The number of hydrogen-bond donors (Lipinski definition) is 1. The van der Waals surface area contributed by atoms with Crippen LogP contribution in [0.25, 0.3) is 0 Å². The first-order valence-electron chi connectivity index (χ1n) is 7.42. The minimum atomic E-state index is -0.0201. The molecule has 3 aliphatic rings. The van der Waals surface area contributed by atoms with Gasteiger partial charge in [0.25, 0.3) is 0 Å². The molecular weight excluding hydrogens is 252 g/mol. The van der Waals surface area contributed by atoms with Crippen molar-refractivity contribution in [3.63, 3.8) is 0 Å². The minimum Gasteiger partial charge on any atom is -0.383 e. The van der Waals surface area contributed by atoms with Crippen LogP contribution in [0.4, 0.5) is 5.69 Å². The van der Waals surface area contributed by atoms with Crippen molar-refractivity contribution in [1.29, 1.82) is 0 Å². The van der Waals surface area contributed by atoms with E-state index < -0.39 is 0 Å². The number of carbonyl (C=O) groups is 2. The molecule has 2 amide bonds. The molecule has 104 valence electrons. The number of rotatable bonds is 1. The molecule has 4 rings (SSSR count). The Bertz CT molecular complexity index is 562. The second-order valence-electron chi connectivity index (χ2n) is 6.15. The van der Waals surface area contributed by atoms with Gasteiger partial charge >= 0.3 is 0 Å². The Morgan fingerprint density at radius 1 is 1.05 bits per heavy atom. The van der Waals surface area contributed by atoms with Crippen molar-refractivity contribution < 1.29 is 9.59 Å². The molecule has 4 nitrogen and oxygen atoms in total. The van der Waals surface area contributed by atoms with Crippen molar-refractivity contribution in [2.45, 2.75) is 31.7 Å². The van der Waals surface area contributed by atoms with Crippen LogP contribution in [0.1, 0.15) is 24.8 Å². The van der Waals surface area contributed by atoms with Gasteiger partial charge in [0, 0.05) is 24.1 Å². The van der Waals surface area contributed by atoms with Gasteiger partial charge in [0.05, 0.1) is 6.04 Å². The Balaban J connectivity index is 1.62. The second-order valence-corrected chi connectivity index (χ2v) is 6.15. The standard InChI is InChI=1S/C16H18N2O2/c19-15-11-5-6-12(7-11)16(20)18(15)13-8-10-3-1-2-4-14(10)17-9-13/h1-4,11-13,17H,5-9H2. The smallest absolute Gasteiger partial charge is 0.232 e. The number of nitrogens with one attached hydrogen (secondary N) is 1. The maximum atomic E-state index is 12.5. The Morgan fingerprint density at radius 2 is 1.75 bits per heavy atom. The zero-order valence-corrected chi connectivity index (χ0v) is 11.3. The third kappa shape index (κ3) is 1.67. The van der Waals surface area contributed by atoms with Gasteiger partial charge < -0.3 is 5.32 Å². The molecule has 2 aliphatic heterocycles. The fourth-order valence-electron chi connectivity index (χ4n) is 3.90. The Morgan fingerprint density at radius 3 is 2.50 bits per heavy atom. The molecule has 2 bridgehead atoms. The van der Waals surface area contributed by atoms with Gasteiger partial charge in [0.15, 0.2) is 0 Å². The van der Waals surface area contributed by atoms with Crippen LogP contribution in [0.15, 0.2) is 24.3 Å². The van der Waals surface area contributed by atoms with Crippen LogP contribution >= 0.6 is 0 Å². The Kier molecular flexibility index (Phi) is 2.59. The van der Waals surface area contributed by atoms with Gasteiger partial charge in [-0.2, -0.15) is 0 Å². The quantitative estimate of drug-likeness (QED) is 0.792. The molecule has 1 saturated carbocycles. The fourth-order valence-corrected chi connectivity index (χ4v) is 3.90. The van der Waals surface area contributed by atoms with Gasteiger partial charge in [0.2, 0.25) is 11.8 Å². The summed E-state index contributed by atoms with van der Waals surface area (Å²) >= 11 is 0. The highest BCUT2D eigenvalue weighted by Crippen LogP contribution is 2.39. The summed E-state index contributed by atoms with van der Waals surface area (Å²) < 4.78 is 0. The van der Waals surface area contributed by atoms with E-state index in [1.54, 1.807) is 4.90 Å². The lowest BCUT2D eigenvalue weighted by Gasteiger charge is -2.38. The average molecular weight is 270 g/mol. The first-order chi connectivity index (χ1) is 9.74. The van der Waals surface area contributed by atoms with E-state index in [0.29, 0.717) is 6.54 Å². The van der Waals surface area contributed by atoms with Gasteiger partial charge in [-0.25, -0.2) is 0 Å². The van der Waals surface area contributed by atoms with E-state index in [9.17, 15) is 9.59 Å². The first-order valence-corrected chi connectivity index (χ1v) is 7.42. The third-order valence-corrected chi connectivity index (χ3v) is 4.97. The van der Waals surface area contributed by atoms with E-state index in [4.69, 9.17) is 0 Å². The summed E-state index contributed by atoms with van der Waals surface area (Å²) in [6.07, 6.45) is 3.34. The molecule has 20 heavy (non-hydrogen) atoms. The molecule has 1 aliphatic carbocycles. The molecule has 3 unspecified atom stereocenters. The number of anilines is 1. The monoisotopic (exact) mass is 270 g/mol. The molecule has 1 N–H and O–H groups in total. The lowest BCUT2D eigenvalue weighted by molar-refractivity contribution is -0.155. The van der Waals surface area contributed by atoms with Crippen LogP contribution in [-0.2, 0) is 16.0 Å². The van der Waals surface area contributed by atoms with Crippen LogP contribution in [0.5, 0.6) is 0 Å². The highest BCUT2D eigenvalue weighted by Gasteiger charge is 2.47. The Labute approximate surface area is 118 Å². The summed E-state index contributed by atoms with van der Waals surface area (Å²) in [5.74, 6) is 0.314. The summed E-state index contributed by atoms with van der Waals surface area (Å²) in [6, 6.07) is 8.11. The number of imide groups is 1. The zero-order chi connectivity index (χ0) is 13.7. The average Bonchev–Trinajstić information content (AvgIpc) is 2.92. The molecular formula is C16H18N2O2. The lowest BCUT2D eigenvalue weighted by Crippen LogP contribution is -2.55. The van der Waals surface area contributed by atoms with Crippen molar-refractivity contribution in [2.24, 2.45) is 11.8 Å². The number of piperidine rings is 1. The predicted molar refractivity (Wildman–Crippen MR) is 75.1 cm³/mol. The summed E-state index contributed by atoms with van der Waals surface area (Å²) in [6.45, 7) is 0.675. The molecule has 4 heteroatoms. The normalized spacial score (nSPS) is 32.0. The first kappa shape index (κ1) is 11.9. The molecule has 1 aromatic carbocycles. The van der Waals surface area contributed by atoms with Crippen molar-refractivity contribution in [1.82, 2.24) is 4.90 Å². The van der Waals surface area contributed by atoms with E-state index in [-0.39, 0.29) is 29.7 Å². The zero-order valence-electron chi connectivity index (χ0n) is 11.3. The second kappa shape index (κ2) is 4.33. The van der Waals surface area contributed by atoms with Crippen molar-refractivity contribution in [2.75, 3.05) is 11.9 Å². The number of benzene rings is 1. The van der Waals surface area contributed by atoms with E-state index in [1.165, 1.54) is 5.56 Å². The van der Waals surface area contributed by atoms with E-state index in [1.807, 2.05) is 12.1 Å². The molecule has 1 aromatic rings. The number of para-hydroxylation sites is 1. The topological polar surface area (TPSA) is 49.4 Å². The number of amides is 2. The van der Waals surface area contributed by atoms with Crippen molar-refractivity contribution >= 4 is 17.5 Å². The summed E-state index contributed by atoms with van der Waals surface area (Å²) in [5.41, 5.74) is 2.32. The van der Waals surface area contributed by atoms with Crippen LogP contribution in [-0.4, -0.2) is 29.3 Å². The van der Waals surface area contributed by atoms with Crippen LogP contribution < -0.4 is 5.32 Å². The SMILES string of the molecule is O=C1C2CCC(C2)C(=O)N1C1CNc2ccccc2C1. The van der Waals surface area contributed by atoms with Crippen LogP contribution in [0.2, 0.25) is 0 Å². The maximum Gasteiger partial charge on any atom is 0.232 e. The van der Waals surface area contributed by atoms with Crippen LogP contribution in [0, 0.1) is 11.8 Å². The number of hydrogen-bond acceptors (Lipinski definition) is 3.